The summed E-state index contributed by atoms with van der Waals surface area (Å²) in [6, 6.07) is 13.2. The van der Waals surface area contributed by atoms with E-state index in [0.29, 0.717) is 57.8 Å². The Labute approximate surface area is 226 Å². The second kappa shape index (κ2) is 11.8. The highest BCUT2D eigenvalue weighted by atomic mass is 16.7. The molecule has 1 aliphatic heterocycles. The number of ether oxygens (including phenoxy) is 6. The number of aryl methyl sites for hydroxylation is 1. The van der Waals surface area contributed by atoms with Crippen molar-refractivity contribution < 1.29 is 43.1 Å². The summed E-state index contributed by atoms with van der Waals surface area (Å²) in [5.74, 6) is 1.02. The van der Waals surface area contributed by atoms with Gasteiger partial charge in [0.1, 0.15) is 5.75 Å². The van der Waals surface area contributed by atoms with Crippen LogP contribution in [0.25, 0.3) is 5.57 Å². The molecule has 0 amide bonds. The molecule has 39 heavy (non-hydrogen) atoms. The molecule has 9 heteroatoms. The molecule has 1 aliphatic rings. The molecule has 1 N–H and O–H groups in total. The molecule has 0 saturated carbocycles. The molecule has 204 valence electrons. The Bertz CT molecular complexity index is 1410. The maximum atomic E-state index is 14.1. The lowest BCUT2D eigenvalue weighted by Gasteiger charge is -2.17. The number of Topliss-reactive ketones (excluding diaryl/α,β-unsaturated/α-hetero) is 1. The van der Waals surface area contributed by atoms with Crippen LogP contribution in [-0.2, 0) is 11.2 Å². The molecule has 0 saturated heterocycles. The summed E-state index contributed by atoms with van der Waals surface area (Å²) in [4.78, 5) is 26.8. The van der Waals surface area contributed by atoms with E-state index in [0.717, 1.165) is 5.56 Å². The van der Waals surface area contributed by atoms with Crippen molar-refractivity contribution in [2.45, 2.75) is 20.3 Å². The van der Waals surface area contributed by atoms with Crippen molar-refractivity contribution in [3.8, 4) is 34.5 Å². The third-order valence-corrected chi connectivity index (χ3v) is 6.29. The minimum atomic E-state index is -1.26. The second-order valence-corrected chi connectivity index (χ2v) is 8.68. The van der Waals surface area contributed by atoms with E-state index in [-0.39, 0.29) is 24.4 Å². The lowest BCUT2D eigenvalue weighted by atomic mass is 9.88. The average molecular weight is 535 g/mol. The number of fused-ring (bicyclic) bond motifs is 1. The van der Waals surface area contributed by atoms with Gasteiger partial charge in [-0.3, -0.25) is 4.79 Å². The maximum Gasteiger partial charge on any atom is 0.336 e. The van der Waals surface area contributed by atoms with E-state index in [4.69, 9.17) is 28.4 Å². The number of carbonyl (C=O) groups excluding carboxylic acids is 1. The van der Waals surface area contributed by atoms with E-state index >= 15 is 0 Å². The van der Waals surface area contributed by atoms with Crippen molar-refractivity contribution in [1.82, 2.24) is 0 Å². The van der Waals surface area contributed by atoms with E-state index in [9.17, 15) is 14.7 Å². The maximum absolute atomic E-state index is 14.1. The summed E-state index contributed by atoms with van der Waals surface area (Å²) in [6.45, 7) is 4.23. The van der Waals surface area contributed by atoms with Crippen molar-refractivity contribution in [1.29, 1.82) is 0 Å². The highest BCUT2D eigenvalue weighted by Crippen LogP contribution is 2.40. The number of carboxylic acid groups (broad SMARTS) is 1. The van der Waals surface area contributed by atoms with Crippen LogP contribution in [-0.4, -0.2) is 51.6 Å². The smallest absolute Gasteiger partial charge is 0.336 e. The standard InChI is InChI=1S/C30H30O9/c1-6-37-22-9-8-20(11-17(22)2)28(31)21(12-18-13-25(34-3)29(36-5)26(14-18)35-4)27(30(32)33)19-7-10-23-24(15-19)39-16-38-23/h7-11,13-15H,6,12,16H2,1-5H3,(H,32,33). The van der Waals surface area contributed by atoms with Gasteiger partial charge < -0.3 is 33.5 Å². The summed E-state index contributed by atoms with van der Waals surface area (Å²) in [7, 11) is 4.47. The van der Waals surface area contributed by atoms with Crippen molar-refractivity contribution >= 4 is 17.3 Å². The van der Waals surface area contributed by atoms with E-state index in [2.05, 4.69) is 0 Å². The topological polar surface area (TPSA) is 110 Å². The minimum Gasteiger partial charge on any atom is -0.494 e. The van der Waals surface area contributed by atoms with Gasteiger partial charge in [0.05, 0.1) is 33.5 Å². The van der Waals surface area contributed by atoms with Gasteiger partial charge in [-0.15, -0.1) is 0 Å². The van der Waals surface area contributed by atoms with Gasteiger partial charge in [0.2, 0.25) is 12.5 Å². The molecule has 0 fully saturated rings. The van der Waals surface area contributed by atoms with Crippen LogP contribution in [0.1, 0.15) is 34.0 Å². The summed E-state index contributed by atoms with van der Waals surface area (Å²) in [5, 5.41) is 10.4. The number of methoxy groups -OCH3 is 3. The van der Waals surface area contributed by atoms with Crippen molar-refractivity contribution in [2.75, 3.05) is 34.7 Å². The molecule has 0 atom stereocenters. The number of aliphatic carboxylic acids is 1. The van der Waals surface area contributed by atoms with Gasteiger partial charge in [-0.2, -0.15) is 0 Å². The highest BCUT2D eigenvalue weighted by molar-refractivity contribution is 6.26. The number of carboxylic acids is 1. The van der Waals surface area contributed by atoms with E-state index in [1.807, 2.05) is 13.8 Å². The number of carbonyl (C=O) groups is 2. The Hall–Kier alpha value is -4.66. The Morgan fingerprint density at radius 1 is 0.846 bits per heavy atom. The molecule has 3 aromatic carbocycles. The van der Waals surface area contributed by atoms with Gasteiger partial charge in [0.15, 0.2) is 28.8 Å². The zero-order valence-electron chi connectivity index (χ0n) is 22.5. The molecule has 4 rings (SSSR count). The predicted molar refractivity (Wildman–Crippen MR) is 144 cm³/mol. The zero-order valence-corrected chi connectivity index (χ0v) is 22.5. The van der Waals surface area contributed by atoms with Gasteiger partial charge >= 0.3 is 5.97 Å². The van der Waals surface area contributed by atoms with Crippen LogP contribution >= 0.6 is 0 Å². The molecule has 0 radical (unpaired) electrons. The number of hydrogen-bond donors (Lipinski definition) is 1. The van der Waals surface area contributed by atoms with Crippen LogP contribution in [0.5, 0.6) is 34.5 Å². The van der Waals surface area contributed by atoms with Crippen LogP contribution in [0, 0.1) is 6.92 Å². The first-order chi connectivity index (χ1) is 18.8. The lowest BCUT2D eigenvalue weighted by Crippen LogP contribution is -2.14. The molecule has 3 aromatic rings. The molecule has 1 heterocycles. The van der Waals surface area contributed by atoms with Crippen LogP contribution in [0.15, 0.2) is 54.1 Å². The molecule has 0 aliphatic carbocycles. The number of ketones is 1. The number of benzene rings is 3. The molecule has 9 nitrogen and oxygen atoms in total. The quantitative estimate of drug-likeness (QED) is 0.265. The number of rotatable bonds is 11. The molecular weight excluding hydrogens is 504 g/mol. The summed E-state index contributed by atoms with van der Waals surface area (Å²) < 4.78 is 32.8. The van der Waals surface area contributed by atoms with Crippen LogP contribution in [0.2, 0.25) is 0 Å². The SMILES string of the molecule is CCOc1ccc(C(=O)C(Cc2cc(OC)c(OC)c(OC)c2)=C(C(=O)O)c2ccc3c(c2)OCO3)cc1C. The monoisotopic (exact) mass is 534 g/mol. The zero-order chi connectivity index (χ0) is 28.1. The van der Waals surface area contributed by atoms with Gasteiger partial charge in [-0.1, -0.05) is 6.07 Å². The molecular formula is C30H30O9. The van der Waals surface area contributed by atoms with Crippen molar-refractivity contribution in [2.24, 2.45) is 0 Å². The van der Waals surface area contributed by atoms with E-state index in [1.54, 1.807) is 48.5 Å². The van der Waals surface area contributed by atoms with Gasteiger partial charge in [0, 0.05) is 17.6 Å². The summed E-state index contributed by atoms with van der Waals surface area (Å²) in [5.41, 5.74) is 1.91. The summed E-state index contributed by atoms with van der Waals surface area (Å²) >= 11 is 0. The Kier molecular flexibility index (Phi) is 8.29. The first-order valence-corrected chi connectivity index (χ1v) is 12.2. The Morgan fingerprint density at radius 3 is 2.10 bits per heavy atom. The second-order valence-electron chi connectivity index (χ2n) is 8.68. The Balaban J connectivity index is 1.91. The van der Waals surface area contributed by atoms with Gasteiger partial charge in [-0.05, 0) is 73.0 Å². The van der Waals surface area contributed by atoms with E-state index in [1.165, 1.54) is 21.3 Å². The highest BCUT2D eigenvalue weighted by Gasteiger charge is 2.27. The molecule has 0 unspecified atom stereocenters. The van der Waals surface area contributed by atoms with Crippen LogP contribution < -0.4 is 28.4 Å². The number of hydrogen-bond acceptors (Lipinski definition) is 8. The fraction of sp³-hybridized carbons (Fsp3) is 0.267. The first-order valence-electron chi connectivity index (χ1n) is 12.2. The predicted octanol–water partition coefficient (Wildman–Crippen LogP) is 5.11. The number of allylic oxidation sites excluding steroid dienone is 1. The van der Waals surface area contributed by atoms with Gasteiger partial charge in [0.25, 0.3) is 0 Å². The molecule has 0 spiro atoms. The van der Waals surface area contributed by atoms with Crippen LogP contribution in [0.3, 0.4) is 0 Å². The third kappa shape index (κ3) is 5.62. The Morgan fingerprint density at radius 2 is 1.51 bits per heavy atom. The van der Waals surface area contributed by atoms with E-state index < -0.39 is 11.8 Å². The molecule has 0 bridgehead atoms. The minimum absolute atomic E-state index is 0.0299. The average Bonchev–Trinajstić information content (AvgIpc) is 3.40. The largest absolute Gasteiger partial charge is 0.494 e. The summed E-state index contributed by atoms with van der Waals surface area (Å²) in [6.07, 6.45) is -0.0299. The first kappa shape index (κ1) is 27.4. The normalized spacial score (nSPS) is 12.4. The molecule has 0 aromatic heterocycles. The fourth-order valence-corrected chi connectivity index (χ4v) is 4.48. The fourth-order valence-electron chi connectivity index (χ4n) is 4.48. The third-order valence-electron chi connectivity index (χ3n) is 6.29. The van der Waals surface area contributed by atoms with Crippen molar-refractivity contribution in [3.05, 3.63) is 76.4 Å². The van der Waals surface area contributed by atoms with Crippen molar-refractivity contribution in [3.63, 3.8) is 0 Å². The van der Waals surface area contributed by atoms with Gasteiger partial charge in [-0.25, -0.2) is 4.79 Å². The van der Waals surface area contributed by atoms with Crippen LogP contribution in [0.4, 0.5) is 0 Å². The lowest BCUT2D eigenvalue weighted by molar-refractivity contribution is -0.130.